The fourth-order valence-electron chi connectivity index (χ4n) is 4.14. The van der Waals surface area contributed by atoms with Gasteiger partial charge in [0.05, 0.1) is 18.1 Å². The van der Waals surface area contributed by atoms with Gasteiger partial charge in [-0.1, -0.05) is 55.8 Å². The molecule has 5 aromatic rings. The molecule has 0 aliphatic carbocycles. The molecule has 0 amide bonds. The monoisotopic (exact) mass is 468 g/mol. The maximum absolute atomic E-state index is 11.7. The van der Waals surface area contributed by atoms with E-state index in [2.05, 4.69) is 51.7 Å². The zero-order valence-electron chi connectivity index (χ0n) is 19.2. The summed E-state index contributed by atoms with van der Waals surface area (Å²) >= 11 is 0. The number of unbranched alkanes of at least 4 members (excludes halogenated alkanes) is 1. The average molecular weight is 469 g/mol. The van der Waals surface area contributed by atoms with E-state index in [4.69, 9.17) is 4.42 Å². The smallest absolute Gasteiger partial charge is 0.339 e. The molecule has 0 aliphatic rings. The third kappa shape index (κ3) is 4.48. The van der Waals surface area contributed by atoms with Crippen LogP contribution in [-0.4, -0.2) is 40.8 Å². The van der Waals surface area contributed by atoms with E-state index in [1.165, 1.54) is 12.3 Å². The third-order valence-corrected chi connectivity index (χ3v) is 5.93. The van der Waals surface area contributed by atoms with E-state index in [0.29, 0.717) is 18.0 Å². The molecule has 0 unspecified atom stereocenters. The number of benzene rings is 2. The van der Waals surface area contributed by atoms with Crippen LogP contribution in [0.2, 0.25) is 0 Å². The summed E-state index contributed by atoms with van der Waals surface area (Å²) in [5.41, 5.74) is 4.79. The Balaban J connectivity index is 1.48. The predicted octanol–water partition coefficient (Wildman–Crippen LogP) is 4.87. The van der Waals surface area contributed by atoms with Gasteiger partial charge in [-0.05, 0) is 40.1 Å². The first-order valence-electron chi connectivity index (χ1n) is 11.4. The summed E-state index contributed by atoms with van der Waals surface area (Å²) in [6.45, 7) is 2.68. The summed E-state index contributed by atoms with van der Waals surface area (Å²) in [4.78, 5) is 16.3. The number of hydrogen-bond donors (Lipinski definition) is 1. The summed E-state index contributed by atoms with van der Waals surface area (Å²) in [5.74, 6) is 0.199. The van der Waals surface area contributed by atoms with Crippen molar-refractivity contribution >= 4 is 5.97 Å². The van der Waals surface area contributed by atoms with Crippen LogP contribution in [0.15, 0.2) is 77.8 Å². The number of aryl methyl sites for hydroxylation is 1. The topological polar surface area (TPSA) is 112 Å². The highest BCUT2D eigenvalue weighted by molar-refractivity contribution is 5.93. The van der Waals surface area contributed by atoms with E-state index in [1.54, 1.807) is 17.2 Å². The van der Waals surface area contributed by atoms with Gasteiger partial charge in [-0.3, -0.25) is 0 Å². The van der Waals surface area contributed by atoms with Gasteiger partial charge in [0.2, 0.25) is 0 Å². The Labute approximate surface area is 201 Å². The van der Waals surface area contributed by atoms with Crippen molar-refractivity contribution < 1.29 is 14.3 Å². The average Bonchev–Trinajstić information content (AvgIpc) is 3.64. The number of carboxylic acid groups (broad SMARTS) is 1. The van der Waals surface area contributed by atoms with E-state index in [9.17, 15) is 9.90 Å². The van der Waals surface area contributed by atoms with Crippen molar-refractivity contribution in [2.75, 3.05) is 0 Å². The number of furan rings is 1. The highest BCUT2D eigenvalue weighted by Crippen LogP contribution is 2.29. The molecule has 0 radical (unpaired) electrons. The van der Waals surface area contributed by atoms with Crippen LogP contribution in [0.4, 0.5) is 0 Å². The number of tetrazole rings is 1. The summed E-state index contributed by atoms with van der Waals surface area (Å²) < 4.78 is 9.26. The molecule has 9 heteroatoms. The van der Waals surface area contributed by atoms with Crippen molar-refractivity contribution in [3.8, 4) is 28.3 Å². The molecule has 35 heavy (non-hydrogen) atoms. The van der Waals surface area contributed by atoms with E-state index in [-0.39, 0.29) is 5.56 Å². The fraction of sp³-hybridized carbons (Fsp3) is 0.192. The molecule has 0 fully saturated rings. The van der Waals surface area contributed by atoms with Crippen molar-refractivity contribution in [2.45, 2.75) is 32.7 Å². The molecule has 0 atom stereocenters. The normalized spacial score (nSPS) is 11.1. The Morgan fingerprint density at radius 3 is 2.66 bits per heavy atom. The Hall–Kier alpha value is -4.53. The second kappa shape index (κ2) is 9.76. The lowest BCUT2D eigenvalue weighted by Gasteiger charge is -2.13. The van der Waals surface area contributed by atoms with E-state index in [1.807, 2.05) is 28.8 Å². The zero-order valence-corrected chi connectivity index (χ0v) is 19.2. The van der Waals surface area contributed by atoms with Crippen molar-refractivity contribution in [3.63, 3.8) is 0 Å². The lowest BCUT2D eigenvalue weighted by molar-refractivity contribution is 0.0697. The molecule has 0 spiro atoms. The van der Waals surface area contributed by atoms with E-state index in [0.717, 1.165) is 47.5 Å². The van der Waals surface area contributed by atoms with Crippen molar-refractivity contribution in [1.29, 1.82) is 0 Å². The van der Waals surface area contributed by atoms with Crippen LogP contribution in [0.25, 0.3) is 28.3 Å². The first kappa shape index (κ1) is 22.3. The van der Waals surface area contributed by atoms with Crippen molar-refractivity contribution in [3.05, 3.63) is 90.3 Å². The maximum Gasteiger partial charge on any atom is 0.339 e. The van der Waals surface area contributed by atoms with Crippen LogP contribution >= 0.6 is 0 Å². The summed E-state index contributed by atoms with van der Waals surface area (Å²) in [6, 6.07) is 17.7. The van der Waals surface area contributed by atoms with Crippen LogP contribution in [-0.2, 0) is 13.0 Å². The number of hydrogen-bond acceptors (Lipinski definition) is 6. The zero-order chi connectivity index (χ0) is 24.2. The molecule has 0 saturated heterocycles. The minimum atomic E-state index is -1.03. The van der Waals surface area contributed by atoms with Crippen molar-refractivity contribution in [1.82, 2.24) is 29.8 Å². The molecule has 5 rings (SSSR count). The molecule has 3 aromatic heterocycles. The summed E-state index contributed by atoms with van der Waals surface area (Å²) in [5, 5.41) is 21.1. The summed E-state index contributed by atoms with van der Waals surface area (Å²) in [7, 11) is 0. The largest absolute Gasteiger partial charge is 0.478 e. The van der Waals surface area contributed by atoms with Crippen LogP contribution < -0.4 is 0 Å². The molecule has 2 aromatic carbocycles. The van der Waals surface area contributed by atoms with Gasteiger partial charge in [0, 0.05) is 18.5 Å². The van der Waals surface area contributed by atoms with Gasteiger partial charge in [0.25, 0.3) is 0 Å². The van der Waals surface area contributed by atoms with Crippen LogP contribution in [0.1, 0.15) is 41.5 Å². The quantitative estimate of drug-likeness (QED) is 0.328. The van der Waals surface area contributed by atoms with Gasteiger partial charge in [-0.2, -0.15) is 4.68 Å². The van der Waals surface area contributed by atoms with Crippen LogP contribution in [0.5, 0.6) is 0 Å². The van der Waals surface area contributed by atoms with Gasteiger partial charge in [-0.25, -0.2) is 9.78 Å². The predicted molar refractivity (Wildman–Crippen MR) is 129 cm³/mol. The minimum absolute atomic E-state index is 0.128. The Kier molecular flexibility index (Phi) is 6.21. The maximum atomic E-state index is 11.7. The molecule has 9 nitrogen and oxygen atoms in total. The molecular formula is C26H24N6O3. The van der Waals surface area contributed by atoms with E-state index < -0.39 is 5.97 Å². The number of carbonyl (C=O) groups is 1. The third-order valence-electron chi connectivity index (χ3n) is 5.93. The van der Waals surface area contributed by atoms with Gasteiger partial charge in [0.1, 0.15) is 23.4 Å². The van der Waals surface area contributed by atoms with Gasteiger partial charge in [0.15, 0.2) is 5.76 Å². The number of carboxylic acids is 1. The lowest BCUT2D eigenvalue weighted by Crippen LogP contribution is -2.08. The molecule has 176 valence electrons. The van der Waals surface area contributed by atoms with Crippen LogP contribution in [0.3, 0.4) is 0 Å². The number of para-hydroxylation sites is 1. The number of aromatic carboxylic acids is 1. The standard InChI is InChI=1S/C26H24N6O3/c1-2-3-8-24-27-15-23(25-21(26(33)34)13-14-35-25)31(24)16-18-9-11-19(12-10-18)20-6-4-5-7-22(20)32-17-28-29-30-32/h4-7,9-15,17H,2-3,8,16H2,1H3,(H,33,34). The number of nitrogens with zero attached hydrogens (tertiary/aromatic N) is 6. The molecule has 3 heterocycles. The Bertz CT molecular complexity index is 1430. The Morgan fingerprint density at radius 1 is 1.09 bits per heavy atom. The molecule has 1 N–H and O–H groups in total. The Morgan fingerprint density at radius 2 is 1.91 bits per heavy atom. The molecular weight excluding hydrogens is 444 g/mol. The first-order valence-corrected chi connectivity index (χ1v) is 11.4. The first-order chi connectivity index (χ1) is 17.2. The molecule has 0 aliphatic heterocycles. The summed E-state index contributed by atoms with van der Waals surface area (Å²) in [6.07, 6.45) is 7.51. The fourth-order valence-corrected chi connectivity index (χ4v) is 4.14. The highest BCUT2D eigenvalue weighted by Gasteiger charge is 2.21. The van der Waals surface area contributed by atoms with Crippen molar-refractivity contribution in [2.24, 2.45) is 0 Å². The highest BCUT2D eigenvalue weighted by atomic mass is 16.4. The lowest BCUT2D eigenvalue weighted by atomic mass is 10.0. The molecule has 0 saturated carbocycles. The number of rotatable bonds is 9. The van der Waals surface area contributed by atoms with Gasteiger partial charge < -0.3 is 14.1 Å². The number of imidazole rings is 1. The SMILES string of the molecule is CCCCc1ncc(-c2occc2C(=O)O)n1Cc1ccc(-c2ccccc2-n2cnnn2)cc1. The molecule has 0 bridgehead atoms. The van der Waals surface area contributed by atoms with E-state index >= 15 is 0 Å². The minimum Gasteiger partial charge on any atom is -0.478 e. The number of aromatic nitrogens is 6. The van der Waals surface area contributed by atoms with Gasteiger partial charge in [-0.15, -0.1) is 5.10 Å². The van der Waals surface area contributed by atoms with Crippen LogP contribution in [0, 0.1) is 0 Å². The second-order valence-corrected chi connectivity index (χ2v) is 8.19. The van der Waals surface area contributed by atoms with Gasteiger partial charge >= 0.3 is 5.97 Å². The second-order valence-electron chi connectivity index (χ2n) is 8.19.